The van der Waals surface area contributed by atoms with Crippen LogP contribution in [0.2, 0.25) is 0 Å². The number of nitrogens with zero attached hydrogens (tertiary/aromatic N) is 3. The summed E-state index contributed by atoms with van der Waals surface area (Å²) in [5.41, 5.74) is 2.55. The van der Waals surface area contributed by atoms with E-state index in [1.807, 2.05) is 6.07 Å². The molecular weight excluding hydrogens is 365 g/mol. The van der Waals surface area contributed by atoms with Gasteiger partial charge in [-0.15, -0.1) is 0 Å². The maximum Gasteiger partial charge on any atom is 0.230 e. The molecule has 4 rings (SSSR count). The standard InChI is InChI=1S/C24H30FN3O/c1-24(2)16-28(21-13-19(25)14-26-22(21)24)23(29)18-9-11-20(12-10-18)27(3)15-17-7-5-4-6-8-17/h4-8,13-14,18,20H,9-12,15-16H2,1-3H3/t18-,20-. The van der Waals surface area contributed by atoms with Gasteiger partial charge in [0.15, 0.2) is 0 Å². The first-order chi connectivity index (χ1) is 13.8. The van der Waals surface area contributed by atoms with E-state index in [4.69, 9.17) is 0 Å². The van der Waals surface area contributed by atoms with E-state index in [1.54, 1.807) is 4.90 Å². The van der Waals surface area contributed by atoms with Crippen molar-refractivity contribution in [2.45, 2.75) is 57.5 Å². The Morgan fingerprint density at radius 1 is 1.21 bits per heavy atom. The van der Waals surface area contributed by atoms with E-state index in [-0.39, 0.29) is 23.1 Å². The summed E-state index contributed by atoms with van der Waals surface area (Å²) in [5, 5.41) is 0. The molecule has 4 nitrogen and oxygen atoms in total. The molecule has 0 bridgehead atoms. The SMILES string of the molecule is CN(Cc1ccccc1)[C@H]1CC[C@H](C(=O)N2CC(C)(C)c3ncc(F)cc32)CC1. The molecule has 1 aromatic carbocycles. The maximum atomic E-state index is 13.8. The minimum absolute atomic E-state index is 0.0152. The molecule has 1 aliphatic heterocycles. The highest BCUT2D eigenvalue weighted by atomic mass is 19.1. The lowest BCUT2D eigenvalue weighted by molar-refractivity contribution is -0.123. The van der Waals surface area contributed by atoms with Crippen LogP contribution in [0.3, 0.4) is 0 Å². The molecule has 5 heteroatoms. The second-order valence-electron chi connectivity index (χ2n) is 9.24. The lowest BCUT2D eigenvalue weighted by Gasteiger charge is -2.35. The summed E-state index contributed by atoms with van der Waals surface area (Å²) in [6.07, 6.45) is 5.06. The number of aromatic nitrogens is 1. The summed E-state index contributed by atoms with van der Waals surface area (Å²) in [6.45, 7) is 5.65. The Morgan fingerprint density at radius 3 is 2.59 bits per heavy atom. The van der Waals surface area contributed by atoms with Crippen molar-refractivity contribution in [1.29, 1.82) is 0 Å². The molecule has 2 aliphatic rings. The van der Waals surface area contributed by atoms with Crippen molar-refractivity contribution in [3.05, 3.63) is 59.7 Å². The molecule has 1 fully saturated rings. The molecule has 1 saturated carbocycles. The average Bonchev–Trinajstić information content (AvgIpc) is 2.98. The number of carbonyl (C=O) groups is 1. The van der Waals surface area contributed by atoms with Crippen LogP contribution in [0.1, 0.15) is 50.8 Å². The van der Waals surface area contributed by atoms with E-state index in [0.717, 1.165) is 37.9 Å². The van der Waals surface area contributed by atoms with Crippen molar-refractivity contribution in [3.8, 4) is 0 Å². The summed E-state index contributed by atoms with van der Waals surface area (Å²) in [7, 11) is 2.17. The molecule has 0 saturated heterocycles. The Kier molecular flexibility index (Phi) is 5.43. The molecule has 0 N–H and O–H groups in total. The summed E-state index contributed by atoms with van der Waals surface area (Å²) in [4.78, 5) is 21.8. The van der Waals surface area contributed by atoms with Crippen molar-refractivity contribution < 1.29 is 9.18 Å². The molecule has 2 heterocycles. The third-order valence-corrected chi connectivity index (χ3v) is 6.53. The van der Waals surface area contributed by atoms with Crippen LogP contribution in [0.25, 0.3) is 0 Å². The van der Waals surface area contributed by atoms with E-state index >= 15 is 0 Å². The van der Waals surface area contributed by atoms with Crippen LogP contribution in [-0.2, 0) is 16.8 Å². The van der Waals surface area contributed by atoms with Crippen molar-refractivity contribution >= 4 is 11.6 Å². The van der Waals surface area contributed by atoms with Crippen LogP contribution < -0.4 is 4.90 Å². The van der Waals surface area contributed by atoms with Gasteiger partial charge in [-0.2, -0.15) is 0 Å². The Labute approximate surface area is 172 Å². The number of pyridine rings is 1. The number of anilines is 1. The van der Waals surface area contributed by atoms with Crippen LogP contribution in [0.4, 0.5) is 10.1 Å². The highest BCUT2D eigenvalue weighted by molar-refractivity contribution is 5.97. The highest BCUT2D eigenvalue weighted by Gasteiger charge is 2.42. The van der Waals surface area contributed by atoms with Gasteiger partial charge < -0.3 is 4.90 Å². The molecule has 0 unspecified atom stereocenters. The summed E-state index contributed by atoms with van der Waals surface area (Å²) in [6, 6.07) is 12.5. The summed E-state index contributed by atoms with van der Waals surface area (Å²) in [5.74, 6) is -0.236. The van der Waals surface area contributed by atoms with Crippen LogP contribution in [0, 0.1) is 11.7 Å². The smallest absolute Gasteiger partial charge is 0.230 e. The minimum atomic E-state index is -0.384. The van der Waals surface area contributed by atoms with E-state index < -0.39 is 0 Å². The molecular formula is C24H30FN3O. The van der Waals surface area contributed by atoms with Gasteiger partial charge in [0, 0.05) is 36.5 Å². The monoisotopic (exact) mass is 395 g/mol. The highest BCUT2D eigenvalue weighted by Crippen LogP contribution is 2.41. The Morgan fingerprint density at radius 2 is 1.90 bits per heavy atom. The topological polar surface area (TPSA) is 36.4 Å². The molecule has 29 heavy (non-hydrogen) atoms. The van der Waals surface area contributed by atoms with Crippen LogP contribution in [0.15, 0.2) is 42.6 Å². The Hall–Kier alpha value is -2.27. The van der Waals surface area contributed by atoms with Gasteiger partial charge in [-0.3, -0.25) is 14.7 Å². The molecule has 1 aromatic heterocycles. The zero-order valence-corrected chi connectivity index (χ0v) is 17.6. The quantitative estimate of drug-likeness (QED) is 0.763. The van der Waals surface area contributed by atoms with Crippen LogP contribution in [-0.4, -0.2) is 35.4 Å². The second-order valence-corrected chi connectivity index (χ2v) is 9.24. The van der Waals surface area contributed by atoms with E-state index in [1.165, 1.54) is 17.8 Å². The van der Waals surface area contributed by atoms with E-state index in [2.05, 4.69) is 55.0 Å². The first-order valence-corrected chi connectivity index (χ1v) is 10.6. The van der Waals surface area contributed by atoms with Gasteiger partial charge in [0.1, 0.15) is 5.82 Å². The van der Waals surface area contributed by atoms with Crippen molar-refractivity contribution in [3.63, 3.8) is 0 Å². The molecule has 0 radical (unpaired) electrons. The Bertz CT molecular complexity index is 875. The minimum Gasteiger partial charge on any atom is -0.309 e. The lowest BCUT2D eigenvalue weighted by Crippen LogP contribution is -2.42. The van der Waals surface area contributed by atoms with E-state index in [0.29, 0.717) is 18.3 Å². The third kappa shape index (κ3) is 4.06. The normalized spacial score (nSPS) is 23.3. The average molecular weight is 396 g/mol. The second kappa shape index (κ2) is 7.86. The molecule has 154 valence electrons. The van der Waals surface area contributed by atoms with Gasteiger partial charge in [0.05, 0.1) is 17.6 Å². The zero-order chi connectivity index (χ0) is 20.6. The third-order valence-electron chi connectivity index (χ3n) is 6.53. The van der Waals surface area contributed by atoms with Gasteiger partial charge in [-0.05, 0) is 38.3 Å². The van der Waals surface area contributed by atoms with Gasteiger partial charge in [-0.1, -0.05) is 44.2 Å². The first-order valence-electron chi connectivity index (χ1n) is 10.6. The number of amides is 1. The van der Waals surface area contributed by atoms with Gasteiger partial charge >= 0.3 is 0 Å². The summed E-state index contributed by atoms with van der Waals surface area (Å²) >= 11 is 0. The molecule has 2 aromatic rings. The van der Waals surface area contributed by atoms with E-state index in [9.17, 15) is 9.18 Å². The summed E-state index contributed by atoms with van der Waals surface area (Å²) < 4.78 is 13.8. The van der Waals surface area contributed by atoms with Crippen molar-refractivity contribution in [2.75, 3.05) is 18.5 Å². The molecule has 1 aliphatic carbocycles. The fraction of sp³-hybridized carbons (Fsp3) is 0.500. The molecule has 0 atom stereocenters. The number of halogens is 1. The Balaban J connectivity index is 1.39. The zero-order valence-electron chi connectivity index (χ0n) is 17.6. The van der Waals surface area contributed by atoms with Crippen LogP contribution in [0.5, 0.6) is 0 Å². The number of hydrogen-bond donors (Lipinski definition) is 0. The predicted octanol–water partition coefficient (Wildman–Crippen LogP) is 4.54. The van der Waals surface area contributed by atoms with Gasteiger partial charge in [0.25, 0.3) is 0 Å². The number of carbonyl (C=O) groups excluding carboxylic acids is 1. The fourth-order valence-electron chi connectivity index (χ4n) is 4.89. The predicted molar refractivity (Wildman–Crippen MR) is 113 cm³/mol. The number of hydrogen-bond acceptors (Lipinski definition) is 3. The molecule has 1 amide bonds. The van der Waals surface area contributed by atoms with Gasteiger partial charge in [0.2, 0.25) is 5.91 Å². The largest absolute Gasteiger partial charge is 0.309 e. The number of benzene rings is 1. The van der Waals surface area contributed by atoms with Crippen LogP contribution >= 0.6 is 0 Å². The number of fused-ring (bicyclic) bond motifs is 1. The van der Waals surface area contributed by atoms with Crippen molar-refractivity contribution in [2.24, 2.45) is 5.92 Å². The lowest BCUT2D eigenvalue weighted by atomic mass is 9.84. The molecule has 0 spiro atoms. The van der Waals surface area contributed by atoms with Crippen molar-refractivity contribution in [1.82, 2.24) is 9.88 Å². The first kappa shape index (κ1) is 20.0. The number of rotatable bonds is 4. The van der Waals surface area contributed by atoms with Gasteiger partial charge in [-0.25, -0.2) is 4.39 Å². The maximum absolute atomic E-state index is 13.8. The fourth-order valence-corrected chi connectivity index (χ4v) is 4.89.